The first-order valence-electron chi connectivity index (χ1n) is 10.5. The summed E-state index contributed by atoms with van der Waals surface area (Å²) < 4.78 is 42.0. The standard InChI is InChI=1S/C25H16Cl2F3N3O3S/c26-16-11-10-15(18(27)13-16)12-20-23(35)33(17-6-2-1-3-7-17)24(32-20)37-14-22(34)31-19-8-4-5-9-21(19)36-25(28,29)30/h1-13H,14H2,(H,31,34). The van der Waals surface area contributed by atoms with Gasteiger partial charge in [0, 0.05) is 10.0 Å². The molecule has 0 saturated heterocycles. The molecule has 0 atom stereocenters. The summed E-state index contributed by atoms with van der Waals surface area (Å²) >= 11 is 13.1. The summed E-state index contributed by atoms with van der Waals surface area (Å²) in [5.74, 6) is -1.85. The maximum Gasteiger partial charge on any atom is 0.573 e. The first-order chi connectivity index (χ1) is 17.6. The molecule has 3 aromatic carbocycles. The van der Waals surface area contributed by atoms with Gasteiger partial charge >= 0.3 is 6.36 Å². The Bertz CT molecular complexity index is 1400. The minimum atomic E-state index is -4.92. The van der Waals surface area contributed by atoms with E-state index in [1.165, 1.54) is 35.2 Å². The number of hydrogen-bond donors (Lipinski definition) is 1. The van der Waals surface area contributed by atoms with Crippen LogP contribution < -0.4 is 15.0 Å². The van der Waals surface area contributed by atoms with Gasteiger partial charge in [-0.15, -0.1) is 13.2 Å². The number of benzene rings is 3. The lowest BCUT2D eigenvalue weighted by atomic mass is 10.2. The lowest BCUT2D eigenvalue weighted by molar-refractivity contribution is -0.274. The molecule has 12 heteroatoms. The predicted octanol–water partition coefficient (Wildman–Crippen LogP) is 7.01. The summed E-state index contributed by atoms with van der Waals surface area (Å²) in [4.78, 5) is 31.6. The molecule has 3 aromatic rings. The Morgan fingerprint density at radius 3 is 2.46 bits per heavy atom. The predicted molar refractivity (Wildman–Crippen MR) is 140 cm³/mol. The summed E-state index contributed by atoms with van der Waals surface area (Å²) in [5, 5.41) is 3.37. The van der Waals surface area contributed by atoms with E-state index in [1.54, 1.807) is 42.5 Å². The molecule has 4 rings (SSSR count). The summed E-state index contributed by atoms with van der Waals surface area (Å²) in [6.45, 7) is 0. The van der Waals surface area contributed by atoms with Gasteiger partial charge in [0.05, 0.1) is 17.1 Å². The third-order valence-electron chi connectivity index (χ3n) is 4.82. The number of anilines is 2. The third-order valence-corrected chi connectivity index (χ3v) is 6.32. The van der Waals surface area contributed by atoms with E-state index in [4.69, 9.17) is 23.2 Å². The van der Waals surface area contributed by atoms with Gasteiger partial charge in [-0.3, -0.25) is 14.5 Å². The molecular formula is C25H16Cl2F3N3O3S. The van der Waals surface area contributed by atoms with E-state index in [0.717, 1.165) is 17.8 Å². The summed E-state index contributed by atoms with van der Waals surface area (Å²) in [5.41, 5.74) is 0.984. The Hall–Kier alpha value is -3.47. The van der Waals surface area contributed by atoms with Gasteiger partial charge in [-0.2, -0.15) is 0 Å². The zero-order valence-corrected chi connectivity index (χ0v) is 21.0. The van der Waals surface area contributed by atoms with Crippen molar-refractivity contribution in [2.45, 2.75) is 6.36 Å². The van der Waals surface area contributed by atoms with Gasteiger partial charge in [-0.25, -0.2) is 4.99 Å². The van der Waals surface area contributed by atoms with Crippen LogP contribution in [0.1, 0.15) is 5.56 Å². The molecule has 0 saturated carbocycles. The van der Waals surface area contributed by atoms with Crippen LogP contribution in [-0.4, -0.2) is 29.1 Å². The molecule has 0 radical (unpaired) electrons. The van der Waals surface area contributed by atoms with E-state index >= 15 is 0 Å². The number of aliphatic imine (C=N–C) groups is 1. The third kappa shape index (κ3) is 6.85. The second kappa shape index (κ2) is 11.3. The first-order valence-corrected chi connectivity index (χ1v) is 12.3. The number of nitrogens with one attached hydrogen (secondary N) is 1. The van der Waals surface area contributed by atoms with Crippen LogP contribution in [0.3, 0.4) is 0 Å². The zero-order valence-electron chi connectivity index (χ0n) is 18.6. The van der Waals surface area contributed by atoms with Crippen LogP contribution in [0.5, 0.6) is 5.75 Å². The number of nitrogens with zero attached hydrogens (tertiary/aromatic N) is 2. The molecule has 6 nitrogen and oxygen atoms in total. The molecule has 0 unspecified atom stereocenters. The SMILES string of the molecule is O=C(CSC1=NC(=Cc2ccc(Cl)cc2Cl)C(=O)N1c1ccccc1)Nc1ccccc1OC(F)(F)F. The van der Waals surface area contributed by atoms with Crippen molar-refractivity contribution in [1.82, 2.24) is 0 Å². The molecule has 1 heterocycles. The van der Waals surface area contributed by atoms with Crippen LogP contribution >= 0.6 is 35.0 Å². The number of para-hydroxylation sites is 3. The van der Waals surface area contributed by atoms with E-state index in [0.29, 0.717) is 21.3 Å². The number of rotatable bonds is 6. The number of alkyl halides is 3. The van der Waals surface area contributed by atoms with Crippen molar-refractivity contribution in [3.05, 3.63) is 94.1 Å². The van der Waals surface area contributed by atoms with Gasteiger partial charge in [0.25, 0.3) is 5.91 Å². The van der Waals surface area contributed by atoms with E-state index in [2.05, 4.69) is 15.0 Å². The maximum absolute atomic E-state index is 13.2. The highest BCUT2D eigenvalue weighted by Crippen LogP contribution is 2.32. The van der Waals surface area contributed by atoms with Crippen molar-refractivity contribution in [2.75, 3.05) is 16.0 Å². The molecule has 1 N–H and O–H groups in total. The van der Waals surface area contributed by atoms with Crippen LogP contribution in [0, 0.1) is 0 Å². The second-order valence-electron chi connectivity index (χ2n) is 7.45. The number of hydrogen-bond acceptors (Lipinski definition) is 5. The molecule has 0 fully saturated rings. The fourth-order valence-electron chi connectivity index (χ4n) is 3.26. The quantitative estimate of drug-likeness (QED) is 0.326. The summed E-state index contributed by atoms with van der Waals surface area (Å²) in [6.07, 6.45) is -3.41. The van der Waals surface area contributed by atoms with Crippen LogP contribution in [0.15, 0.2) is 83.5 Å². The van der Waals surface area contributed by atoms with Crippen molar-refractivity contribution in [3.63, 3.8) is 0 Å². The Balaban J connectivity index is 1.55. The Labute approximate surface area is 223 Å². The van der Waals surface area contributed by atoms with Crippen molar-refractivity contribution >= 4 is 69.4 Å². The molecule has 1 aliphatic heterocycles. The molecule has 0 aliphatic carbocycles. The molecule has 37 heavy (non-hydrogen) atoms. The molecule has 0 bridgehead atoms. The lowest BCUT2D eigenvalue weighted by Gasteiger charge is -2.18. The molecule has 1 aliphatic rings. The van der Waals surface area contributed by atoms with Gasteiger partial charge in [0.15, 0.2) is 10.9 Å². The Kier molecular flexibility index (Phi) is 8.11. The normalized spacial score (nSPS) is 14.6. The van der Waals surface area contributed by atoms with E-state index in [1.807, 2.05) is 0 Å². The van der Waals surface area contributed by atoms with Gasteiger partial charge in [0.1, 0.15) is 5.70 Å². The first kappa shape index (κ1) is 26.6. The van der Waals surface area contributed by atoms with Gasteiger partial charge in [-0.05, 0) is 48.0 Å². The minimum absolute atomic E-state index is 0.0832. The maximum atomic E-state index is 13.2. The number of amides is 2. The number of amidine groups is 1. The van der Waals surface area contributed by atoms with E-state index in [-0.39, 0.29) is 22.3 Å². The zero-order chi connectivity index (χ0) is 26.6. The average molecular weight is 566 g/mol. The molecule has 2 amide bonds. The van der Waals surface area contributed by atoms with Crippen LogP contribution in [0.2, 0.25) is 10.0 Å². The number of carbonyl (C=O) groups is 2. The van der Waals surface area contributed by atoms with Crippen LogP contribution in [0.4, 0.5) is 24.5 Å². The molecule has 190 valence electrons. The molecule has 0 aromatic heterocycles. The van der Waals surface area contributed by atoms with Gasteiger partial charge in [-0.1, -0.05) is 71.4 Å². The van der Waals surface area contributed by atoms with E-state index in [9.17, 15) is 22.8 Å². The average Bonchev–Trinajstić information content (AvgIpc) is 3.15. The highest BCUT2D eigenvalue weighted by Gasteiger charge is 2.33. The fourth-order valence-corrected chi connectivity index (χ4v) is 4.54. The largest absolute Gasteiger partial charge is 0.573 e. The minimum Gasteiger partial charge on any atom is -0.404 e. The van der Waals surface area contributed by atoms with Crippen molar-refractivity contribution < 1.29 is 27.5 Å². The Morgan fingerprint density at radius 2 is 1.76 bits per heavy atom. The van der Waals surface area contributed by atoms with Gasteiger partial charge < -0.3 is 10.1 Å². The van der Waals surface area contributed by atoms with E-state index < -0.39 is 23.9 Å². The van der Waals surface area contributed by atoms with Crippen molar-refractivity contribution in [2.24, 2.45) is 4.99 Å². The molecular weight excluding hydrogens is 550 g/mol. The Morgan fingerprint density at radius 1 is 1.05 bits per heavy atom. The van der Waals surface area contributed by atoms with Crippen LogP contribution in [-0.2, 0) is 9.59 Å². The monoisotopic (exact) mass is 565 g/mol. The number of thioether (sulfide) groups is 1. The van der Waals surface area contributed by atoms with Gasteiger partial charge in [0.2, 0.25) is 5.91 Å². The summed E-state index contributed by atoms with van der Waals surface area (Å²) in [7, 11) is 0. The highest BCUT2D eigenvalue weighted by molar-refractivity contribution is 8.14. The summed E-state index contributed by atoms with van der Waals surface area (Å²) in [6, 6.07) is 18.7. The smallest absolute Gasteiger partial charge is 0.404 e. The van der Waals surface area contributed by atoms with Crippen molar-refractivity contribution in [3.8, 4) is 5.75 Å². The second-order valence-corrected chi connectivity index (χ2v) is 9.23. The number of carbonyl (C=O) groups excluding carboxylic acids is 2. The molecule has 0 spiro atoms. The lowest BCUT2D eigenvalue weighted by Crippen LogP contribution is -2.31. The van der Waals surface area contributed by atoms with Crippen molar-refractivity contribution in [1.29, 1.82) is 0 Å². The fraction of sp³-hybridized carbons (Fsp3) is 0.0800. The topological polar surface area (TPSA) is 71.0 Å². The number of ether oxygens (including phenoxy) is 1. The van der Waals surface area contributed by atoms with Crippen LogP contribution in [0.25, 0.3) is 6.08 Å². The highest BCUT2D eigenvalue weighted by atomic mass is 35.5. The number of halogens is 5.